The van der Waals surface area contributed by atoms with Gasteiger partial charge in [0.1, 0.15) is 5.75 Å². The van der Waals surface area contributed by atoms with Crippen LogP contribution in [-0.4, -0.2) is 26.2 Å². The largest absolute Gasteiger partial charge is 0.507 e. The van der Waals surface area contributed by atoms with Crippen molar-refractivity contribution in [2.45, 2.75) is 0 Å². The van der Waals surface area contributed by atoms with E-state index in [9.17, 15) is 15.1 Å². The van der Waals surface area contributed by atoms with Gasteiger partial charge >= 0.3 is 0 Å². The summed E-state index contributed by atoms with van der Waals surface area (Å²) < 4.78 is 0.405. The number of anilines is 1. The molecule has 0 aliphatic carbocycles. The number of hydrazone groups is 1. The summed E-state index contributed by atoms with van der Waals surface area (Å²) in [5.74, 6) is -0.0493. The zero-order chi connectivity index (χ0) is 18.1. The SMILES string of the molecule is O=c1c2ccccc2nc(N/N=C\c2c(O)ccc3ccccc23)n1O. The number of hydrogen-bond donors (Lipinski definition) is 3. The molecule has 4 rings (SSSR count). The van der Waals surface area contributed by atoms with Crippen LogP contribution < -0.4 is 11.0 Å². The van der Waals surface area contributed by atoms with E-state index in [1.54, 1.807) is 30.3 Å². The predicted molar refractivity (Wildman–Crippen MR) is 100 cm³/mol. The van der Waals surface area contributed by atoms with Gasteiger partial charge in [0.05, 0.1) is 17.1 Å². The van der Waals surface area contributed by atoms with Gasteiger partial charge in [-0.15, -0.1) is 4.73 Å². The molecule has 0 fully saturated rings. The summed E-state index contributed by atoms with van der Waals surface area (Å²) in [7, 11) is 0. The van der Waals surface area contributed by atoms with E-state index in [1.807, 2.05) is 30.3 Å². The van der Waals surface area contributed by atoms with Crippen molar-refractivity contribution in [2.75, 3.05) is 5.43 Å². The Hall–Kier alpha value is -3.87. The molecule has 0 aliphatic rings. The molecule has 0 atom stereocenters. The molecule has 0 unspecified atom stereocenters. The number of aromatic hydroxyl groups is 1. The molecule has 0 aliphatic heterocycles. The first-order valence-electron chi connectivity index (χ1n) is 7.86. The van der Waals surface area contributed by atoms with Crippen LogP contribution in [0.3, 0.4) is 0 Å². The van der Waals surface area contributed by atoms with Crippen LogP contribution in [0.5, 0.6) is 5.75 Å². The van der Waals surface area contributed by atoms with Crippen LogP contribution in [0.25, 0.3) is 21.7 Å². The van der Waals surface area contributed by atoms with Gasteiger partial charge in [0, 0.05) is 5.56 Å². The summed E-state index contributed by atoms with van der Waals surface area (Å²) in [6.07, 6.45) is 1.42. The Morgan fingerprint density at radius 1 is 1.00 bits per heavy atom. The van der Waals surface area contributed by atoms with E-state index in [2.05, 4.69) is 15.5 Å². The average Bonchev–Trinajstić information content (AvgIpc) is 2.67. The number of phenols is 1. The normalized spacial score (nSPS) is 11.4. The Balaban J connectivity index is 1.72. The molecule has 128 valence electrons. The summed E-state index contributed by atoms with van der Waals surface area (Å²) in [6, 6.07) is 17.7. The number of nitrogens with one attached hydrogen (secondary N) is 1. The fourth-order valence-corrected chi connectivity index (χ4v) is 2.77. The van der Waals surface area contributed by atoms with Crippen molar-refractivity contribution in [3.05, 3.63) is 76.6 Å². The molecule has 0 saturated carbocycles. The summed E-state index contributed by atoms with van der Waals surface area (Å²) in [5, 5.41) is 26.2. The predicted octanol–water partition coefficient (Wildman–Crippen LogP) is 2.94. The Kier molecular flexibility index (Phi) is 3.74. The lowest BCUT2D eigenvalue weighted by atomic mass is 10.0. The maximum atomic E-state index is 12.2. The molecule has 0 bridgehead atoms. The van der Waals surface area contributed by atoms with Crippen molar-refractivity contribution in [3.8, 4) is 5.75 Å². The van der Waals surface area contributed by atoms with Gasteiger partial charge in [-0.1, -0.05) is 42.5 Å². The van der Waals surface area contributed by atoms with Gasteiger partial charge in [-0.3, -0.25) is 4.79 Å². The van der Waals surface area contributed by atoms with Crippen LogP contribution in [-0.2, 0) is 0 Å². The Labute approximate surface area is 147 Å². The molecule has 4 aromatic rings. The molecule has 26 heavy (non-hydrogen) atoms. The third-order valence-corrected chi connectivity index (χ3v) is 4.06. The summed E-state index contributed by atoms with van der Waals surface area (Å²) >= 11 is 0. The molecule has 0 amide bonds. The van der Waals surface area contributed by atoms with Crippen LogP contribution in [0.15, 0.2) is 70.6 Å². The van der Waals surface area contributed by atoms with Gasteiger partial charge in [0.25, 0.3) is 11.5 Å². The maximum Gasteiger partial charge on any atom is 0.295 e. The third kappa shape index (κ3) is 2.61. The van der Waals surface area contributed by atoms with E-state index >= 15 is 0 Å². The van der Waals surface area contributed by atoms with Crippen LogP contribution in [0, 0.1) is 0 Å². The standard InChI is InChI=1S/C19H14N4O3/c24-17-10-9-12-5-1-2-6-13(12)15(17)11-20-22-19-21-16-8-4-3-7-14(16)18(25)23(19)26/h1-11,24,26H,(H,21,22)/b20-11-. The second-order valence-electron chi connectivity index (χ2n) is 5.66. The lowest BCUT2D eigenvalue weighted by Crippen LogP contribution is -2.22. The van der Waals surface area contributed by atoms with Crippen LogP contribution in [0.4, 0.5) is 5.95 Å². The van der Waals surface area contributed by atoms with Crippen molar-refractivity contribution in [2.24, 2.45) is 5.10 Å². The highest BCUT2D eigenvalue weighted by Crippen LogP contribution is 2.25. The maximum absolute atomic E-state index is 12.2. The second kappa shape index (κ2) is 6.21. The number of phenolic OH excluding ortho intramolecular Hbond substituents is 1. The monoisotopic (exact) mass is 346 g/mol. The average molecular weight is 346 g/mol. The van der Waals surface area contributed by atoms with Crippen molar-refractivity contribution in [1.82, 2.24) is 9.71 Å². The first kappa shape index (κ1) is 15.6. The second-order valence-corrected chi connectivity index (χ2v) is 5.66. The molecule has 1 heterocycles. The first-order valence-corrected chi connectivity index (χ1v) is 7.86. The van der Waals surface area contributed by atoms with E-state index in [-0.39, 0.29) is 11.7 Å². The minimum atomic E-state index is -0.596. The molecule has 7 heteroatoms. The lowest BCUT2D eigenvalue weighted by Gasteiger charge is -2.07. The van der Waals surface area contributed by atoms with Gasteiger partial charge in [0.2, 0.25) is 0 Å². The minimum Gasteiger partial charge on any atom is -0.507 e. The van der Waals surface area contributed by atoms with Gasteiger partial charge in [-0.2, -0.15) is 5.10 Å². The first-order chi connectivity index (χ1) is 12.6. The van der Waals surface area contributed by atoms with Gasteiger partial charge in [-0.05, 0) is 29.0 Å². The highest BCUT2D eigenvalue weighted by atomic mass is 16.5. The number of fused-ring (bicyclic) bond motifs is 2. The molecule has 3 N–H and O–H groups in total. The van der Waals surface area contributed by atoms with Gasteiger partial charge in [0.15, 0.2) is 0 Å². The molecule has 1 aromatic heterocycles. The number of benzene rings is 3. The fraction of sp³-hybridized carbons (Fsp3) is 0. The molecule has 0 spiro atoms. The smallest absolute Gasteiger partial charge is 0.295 e. The number of hydrogen-bond acceptors (Lipinski definition) is 6. The minimum absolute atomic E-state index is 0.0714. The van der Waals surface area contributed by atoms with Crippen molar-refractivity contribution in [1.29, 1.82) is 0 Å². The summed E-state index contributed by atoms with van der Waals surface area (Å²) in [4.78, 5) is 16.3. The topological polar surface area (TPSA) is 99.7 Å². The molecule has 7 nitrogen and oxygen atoms in total. The van der Waals surface area contributed by atoms with E-state index in [0.717, 1.165) is 10.8 Å². The van der Waals surface area contributed by atoms with Crippen molar-refractivity contribution in [3.63, 3.8) is 0 Å². The number of aromatic nitrogens is 2. The molecular formula is C19H14N4O3. The zero-order valence-corrected chi connectivity index (χ0v) is 13.5. The Morgan fingerprint density at radius 3 is 2.58 bits per heavy atom. The van der Waals surface area contributed by atoms with Crippen LogP contribution >= 0.6 is 0 Å². The number of rotatable bonds is 3. The van der Waals surface area contributed by atoms with Crippen LogP contribution in [0.2, 0.25) is 0 Å². The lowest BCUT2D eigenvalue weighted by molar-refractivity contribution is 0.179. The number of para-hydroxylation sites is 1. The summed E-state index contributed by atoms with van der Waals surface area (Å²) in [5.41, 5.74) is 2.91. The fourth-order valence-electron chi connectivity index (χ4n) is 2.77. The molecule has 0 saturated heterocycles. The van der Waals surface area contributed by atoms with Crippen molar-refractivity contribution >= 4 is 33.8 Å². The zero-order valence-electron chi connectivity index (χ0n) is 13.5. The summed E-state index contributed by atoms with van der Waals surface area (Å²) in [6.45, 7) is 0. The number of nitrogens with zero attached hydrogens (tertiary/aromatic N) is 3. The molecule has 3 aromatic carbocycles. The molecule has 0 radical (unpaired) electrons. The Bertz CT molecular complexity index is 1210. The van der Waals surface area contributed by atoms with Gasteiger partial charge < -0.3 is 10.3 Å². The third-order valence-electron chi connectivity index (χ3n) is 4.06. The van der Waals surface area contributed by atoms with Crippen molar-refractivity contribution < 1.29 is 10.3 Å². The molecular weight excluding hydrogens is 332 g/mol. The van der Waals surface area contributed by atoms with E-state index in [4.69, 9.17) is 0 Å². The van der Waals surface area contributed by atoms with Crippen LogP contribution in [0.1, 0.15) is 5.56 Å². The Morgan fingerprint density at radius 2 is 1.73 bits per heavy atom. The highest BCUT2D eigenvalue weighted by Gasteiger charge is 2.09. The highest BCUT2D eigenvalue weighted by molar-refractivity contribution is 6.02. The van der Waals surface area contributed by atoms with E-state index in [0.29, 0.717) is 21.2 Å². The van der Waals surface area contributed by atoms with Gasteiger partial charge in [-0.25, -0.2) is 10.4 Å². The van der Waals surface area contributed by atoms with E-state index in [1.165, 1.54) is 6.21 Å². The quantitative estimate of drug-likeness (QED) is 0.301. The van der Waals surface area contributed by atoms with E-state index < -0.39 is 5.56 Å².